The highest BCUT2D eigenvalue weighted by atomic mass is 19.1. The summed E-state index contributed by atoms with van der Waals surface area (Å²) < 4.78 is 19.5. The zero-order valence-electron chi connectivity index (χ0n) is 18.3. The highest BCUT2D eigenvalue weighted by molar-refractivity contribution is 5.55. The van der Waals surface area contributed by atoms with Gasteiger partial charge in [-0.2, -0.15) is 0 Å². The lowest BCUT2D eigenvalue weighted by Crippen LogP contribution is -2.60. The minimum Gasteiger partial charge on any atom is -0.361 e. The Bertz CT molecular complexity index is 829. The van der Waals surface area contributed by atoms with E-state index < -0.39 is 0 Å². The van der Waals surface area contributed by atoms with Crippen LogP contribution in [0.4, 0.5) is 4.39 Å². The van der Waals surface area contributed by atoms with Crippen LogP contribution in [0, 0.1) is 17.7 Å². The van der Waals surface area contributed by atoms with Gasteiger partial charge in [0.1, 0.15) is 18.3 Å². The molecular weight excluding hydrogens is 391 g/mol. The average molecular weight is 425 g/mol. The number of piperidine rings is 1. The number of halogens is 1. The normalized spacial score (nSPS) is 28.2. The SMILES string of the molecule is CC(N[C@@H]1C(N2CCC[C@@H](Cc3ccc(F)cc3)C2)OCC[C@H]1C=O)c1ccccc1. The molecule has 4 nitrogen and oxygen atoms in total. The summed E-state index contributed by atoms with van der Waals surface area (Å²) in [6.45, 7) is 4.68. The number of hydrogen-bond acceptors (Lipinski definition) is 4. The third-order valence-corrected chi connectivity index (χ3v) is 6.77. The first-order valence-electron chi connectivity index (χ1n) is 11.5. The van der Waals surface area contributed by atoms with Crippen LogP contribution in [-0.4, -0.2) is 43.2 Å². The first-order chi connectivity index (χ1) is 15.1. The van der Waals surface area contributed by atoms with Crippen LogP contribution in [0.3, 0.4) is 0 Å². The van der Waals surface area contributed by atoms with Crippen molar-refractivity contribution in [2.75, 3.05) is 19.7 Å². The van der Waals surface area contributed by atoms with Gasteiger partial charge in [0.25, 0.3) is 0 Å². The molecule has 4 rings (SSSR count). The fourth-order valence-corrected chi connectivity index (χ4v) is 5.09. The van der Waals surface area contributed by atoms with E-state index in [9.17, 15) is 9.18 Å². The van der Waals surface area contributed by atoms with E-state index in [0.29, 0.717) is 12.5 Å². The molecule has 0 amide bonds. The molecule has 5 heteroatoms. The van der Waals surface area contributed by atoms with Gasteiger partial charge in [-0.1, -0.05) is 42.5 Å². The molecule has 0 saturated carbocycles. The van der Waals surface area contributed by atoms with E-state index in [1.54, 1.807) is 12.1 Å². The maximum Gasteiger partial charge on any atom is 0.126 e. The molecule has 2 aliphatic rings. The number of hydrogen-bond donors (Lipinski definition) is 1. The molecule has 166 valence electrons. The maximum atomic E-state index is 13.3. The van der Waals surface area contributed by atoms with E-state index in [-0.39, 0.29) is 30.0 Å². The highest BCUT2D eigenvalue weighted by Crippen LogP contribution is 2.29. The van der Waals surface area contributed by atoms with Crippen LogP contribution in [0.15, 0.2) is 54.6 Å². The summed E-state index contributed by atoms with van der Waals surface area (Å²) in [5.74, 6) is 0.264. The number of ether oxygens (including phenoxy) is 1. The minimum absolute atomic E-state index is 0.0361. The molecule has 0 aromatic heterocycles. The van der Waals surface area contributed by atoms with Crippen molar-refractivity contribution in [1.82, 2.24) is 10.2 Å². The Kier molecular flexibility index (Phi) is 7.49. The van der Waals surface area contributed by atoms with Crippen LogP contribution in [0.1, 0.15) is 43.4 Å². The monoisotopic (exact) mass is 424 g/mol. The minimum atomic E-state index is -0.189. The van der Waals surface area contributed by atoms with Crippen molar-refractivity contribution >= 4 is 6.29 Å². The predicted octanol–water partition coefficient (Wildman–Crippen LogP) is 4.36. The van der Waals surface area contributed by atoms with Crippen molar-refractivity contribution in [2.24, 2.45) is 11.8 Å². The van der Waals surface area contributed by atoms with Crippen molar-refractivity contribution in [3.8, 4) is 0 Å². The number of benzene rings is 2. The molecule has 31 heavy (non-hydrogen) atoms. The lowest BCUT2D eigenvalue weighted by molar-refractivity contribution is -0.144. The van der Waals surface area contributed by atoms with Gasteiger partial charge in [-0.3, -0.25) is 4.90 Å². The van der Waals surface area contributed by atoms with Crippen molar-refractivity contribution < 1.29 is 13.9 Å². The molecule has 2 unspecified atom stereocenters. The number of rotatable bonds is 7. The summed E-state index contributed by atoms with van der Waals surface area (Å²) in [7, 11) is 0. The second-order valence-electron chi connectivity index (χ2n) is 9.01. The van der Waals surface area contributed by atoms with Gasteiger partial charge in [0, 0.05) is 31.7 Å². The van der Waals surface area contributed by atoms with Gasteiger partial charge >= 0.3 is 0 Å². The van der Waals surface area contributed by atoms with Crippen LogP contribution in [0.25, 0.3) is 0 Å². The standard InChI is InChI=1S/C26H33FN2O2/c1-19(22-7-3-2-4-8-22)28-25-23(18-30)13-15-31-26(25)29-14-5-6-21(17-29)16-20-9-11-24(27)12-10-20/h2-4,7-12,18-19,21,23,25-26,28H,5-6,13-17H2,1H3/t19?,21-,23-,25-,26?/m0/s1. The van der Waals surface area contributed by atoms with Crippen LogP contribution < -0.4 is 5.32 Å². The van der Waals surface area contributed by atoms with Crippen molar-refractivity contribution in [3.05, 3.63) is 71.5 Å². The van der Waals surface area contributed by atoms with E-state index >= 15 is 0 Å². The Balaban J connectivity index is 1.45. The van der Waals surface area contributed by atoms with Crippen LogP contribution >= 0.6 is 0 Å². The molecule has 2 aromatic rings. The van der Waals surface area contributed by atoms with E-state index in [2.05, 4.69) is 29.3 Å². The van der Waals surface area contributed by atoms with Crippen molar-refractivity contribution in [1.29, 1.82) is 0 Å². The summed E-state index contributed by atoms with van der Waals surface area (Å²) in [5, 5.41) is 3.71. The van der Waals surface area contributed by atoms with Crippen LogP contribution in [0.2, 0.25) is 0 Å². The Morgan fingerprint density at radius 1 is 1.16 bits per heavy atom. The third-order valence-electron chi connectivity index (χ3n) is 6.77. The molecule has 1 N–H and O–H groups in total. The van der Waals surface area contributed by atoms with E-state index in [0.717, 1.165) is 45.1 Å². The first kappa shape index (κ1) is 22.1. The van der Waals surface area contributed by atoms with Crippen molar-refractivity contribution in [3.63, 3.8) is 0 Å². The number of nitrogens with zero attached hydrogens (tertiary/aromatic N) is 1. The molecule has 0 bridgehead atoms. The van der Waals surface area contributed by atoms with Gasteiger partial charge in [0.2, 0.25) is 0 Å². The summed E-state index contributed by atoms with van der Waals surface area (Å²) in [4.78, 5) is 14.3. The largest absolute Gasteiger partial charge is 0.361 e. The highest BCUT2D eigenvalue weighted by Gasteiger charge is 2.39. The maximum absolute atomic E-state index is 13.3. The molecule has 2 aromatic carbocycles. The van der Waals surface area contributed by atoms with Crippen molar-refractivity contribution in [2.45, 2.75) is 50.9 Å². The molecule has 2 heterocycles. The molecule has 0 aliphatic carbocycles. The lowest BCUT2D eigenvalue weighted by Gasteiger charge is -2.46. The van der Waals surface area contributed by atoms with Gasteiger partial charge in [0.05, 0.1) is 6.04 Å². The van der Waals surface area contributed by atoms with Crippen LogP contribution in [0.5, 0.6) is 0 Å². The molecule has 5 atom stereocenters. The Morgan fingerprint density at radius 3 is 2.68 bits per heavy atom. The van der Waals surface area contributed by atoms with Gasteiger partial charge in [-0.25, -0.2) is 4.39 Å². The summed E-state index contributed by atoms with van der Waals surface area (Å²) in [5.41, 5.74) is 2.39. The molecule has 2 fully saturated rings. The van der Waals surface area contributed by atoms with Gasteiger partial charge in [0.15, 0.2) is 0 Å². The lowest BCUT2D eigenvalue weighted by atomic mass is 9.88. The summed E-state index contributed by atoms with van der Waals surface area (Å²) >= 11 is 0. The number of nitrogens with one attached hydrogen (secondary N) is 1. The van der Waals surface area contributed by atoms with E-state index in [1.807, 2.05) is 30.3 Å². The number of aldehydes is 1. The molecular formula is C26H33FN2O2. The zero-order valence-corrected chi connectivity index (χ0v) is 18.3. The quantitative estimate of drug-likeness (QED) is 0.671. The first-order valence-corrected chi connectivity index (χ1v) is 11.5. The van der Waals surface area contributed by atoms with Gasteiger partial charge in [-0.05, 0) is 61.8 Å². The number of carbonyl (C=O) groups excluding carboxylic acids is 1. The van der Waals surface area contributed by atoms with Gasteiger partial charge < -0.3 is 14.8 Å². The molecule has 0 radical (unpaired) electrons. The number of carbonyl (C=O) groups is 1. The molecule has 2 aliphatic heterocycles. The Hall–Kier alpha value is -2.08. The number of likely N-dealkylation sites (tertiary alicyclic amines) is 1. The van der Waals surface area contributed by atoms with Crippen LogP contribution in [-0.2, 0) is 16.0 Å². The van der Waals surface area contributed by atoms with E-state index in [1.165, 1.54) is 11.1 Å². The summed E-state index contributed by atoms with van der Waals surface area (Å²) in [6.07, 6.45) is 4.97. The fourth-order valence-electron chi connectivity index (χ4n) is 5.09. The predicted molar refractivity (Wildman–Crippen MR) is 120 cm³/mol. The second kappa shape index (κ2) is 10.5. The zero-order chi connectivity index (χ0) is 21.6. The second-order valence-corrected chi connectivity index (χ2v) is 9.01. The Morgan fingerprint density at radius 2 is 1.94 bits per heavy atom. The molecule has 0 spiro atoms. The fraction of sp³-hybridized carbons (Fsp3) is 0.500. The Labute approximate surface area is 184 Å². The topological polar surface area (TPSA) is 41.6 Å². The smallest absolute Gasteiger partial charge is 0.126 e. The van der Waals surface area contributed by atoms with Gasteiger partial charge in [-0.15, -0.1) is 0 Å². The third kappa shape index (κ3) is 5.59. The molecule has 2 saturated heterocycles. The summed E-state index contributed by atoms with van der Waals surface area (Å²) in [6, 6.07) is 17.3. The average Bonchev–Trinajstić information content (AvgIpc) is 2.81. The van der Waals surface area contributed by atoms with E-state index in [4.69, 9.17) is 4.74 Å².